The van der Waals surface area contributed by atoms with Crippen LogP contribution in [0.5, 0.6) is 11.5 Å². The molecule has 0 unspecified atom stereocenters. The normalized spacial score (nSPS) is 13.2. The van der Waals surface area contributed by atoms with E-state index in [1.54, 1.807) is 12.1 Å². The third-order valence-electron chi connectivity index (χ3n) is 4.79. The molecule has 0 fully saturated rings. The Morgan fingerprint density at radius 1 is 0.964 bits per heavy atom. The highest BCUT2D eigenvalue weighted by Gasteiger charge is 2.19. The second kappa shape index (κ2) is 8.15. The Hall–Kier alpha value is -3.31. The highest BCUT2D eigenvalue weighted by Crippen LogP contribution is 2.34. The van der Waals surface area contributed by atoms with E-state index in [1.807, 2.05) is 24.3 Å². The summed E-state index contributed by atoms with van der Waals surface area (Å²) in [6, 6.07) is 24.2. The average Bonchev–Trinajstić information content (AvgIpc) is 3.18. The second-order valence-electron chi connectivity index (χ2n) is 6.86. The van der Waals surface area contributed by atoms with E-state index in [1.165, 1.54) is 16.7 Å². The minimum atomic E-state index is -0.0630. The first kappa shape index (κ1) is 18.1. The minimum absolute atomic E-state index is 0.0595. The lowest BCUT2D eigenvalue weighted by molar-refractivity contribution is -0.676. The van der Waals surface area contributed by atoms with E-state index in [-0.39, 0.29) is 18.7 Å². The minimum Gasteiger partial charge on any atom is -0.454 e. The number of benzene rings is 3. The molecule has 28 heavy (non-hydrogen) atoms. The zero-order valence-electron chi connectivity index (χ0n) is 15.7. The summed E-state index contributed by atoms with van der Waals surface area (Å²) < 4.78 is 10.7. The Morgan fingerprint density at radius 2 is 1.68 bits per heavy atom. The van der Waals surface area contributed by atoms with Gasteiger partial charge >= 0.3 is 0 Å². The van der Waals surface area contributed by atoms with Crippen molar-refractivity contribution in [3.8, 4) is 11.5 Å². The largest absolute Gasteiger partial charge is 0.454 e. The molecule has 0 radical (unpaired) electrons. The van der Waals surface area contributed by atoms with Crippen LogP contribution in [-0.2, 0) is 4.79 Å². The second-order valence-corrected chi connectivity index (χ2v) is 6.86. The van der Waals surface area contributed by atoms with Gasteiger partial charge in [-0.25, -0.2) is 0 Å². The number of hydrogen-bond donors (Lipinski definition) is 2. The topological polar surface area (TPSA) is 64.2 Å². The third-order valence-corrected chi connectivity index (χ3v) is 4.79. The molecule has 142 valence electrons. The van der Waals surface area contributed by atoms with Gasteiger partial charge in [0.05, 0.1) is 0 Å². The van der Waals surface area contributed by atoms with E-state index in [4.69, 9.17) is 9.47 Å². The summed E-state index contributed by atoms with van der Waals surface area (Å²) >= 11 is 0. The summed E-state index contributed by atoms with van der Waals surface area (Å²) in [7, 11) is 0. The Labute approximate surface area is 164 Å². The van der Waals surface area contributed by atoms with Crippen molar-refractivity contribution in [1.82, 2.24) is 0 Å². The zero-order chi connectivity index (χ0) is 19.3. The smallest absolute Gasteiger partial charge is 0.279 e. The summed E-state index contributed by atoms with van der Waals surface area (Å²) in [4.78, 5) is 12.5. The van der Waals surface area contributed by atoms with Gasteiger partial charge in [-0.2, -0.15) is 0 Å². The monoisotopic (exact) mass is 375 g/mol. The number of amides is 1. The molecule has 1 aliphatic heterocycles. The van der Waals surface area contributed by atoms with E-state index in [2.05, 4.69) is 54.0 Å². The van der Waals surface area contributed by atoms with Crippen LogP contribution < -0.4 is 20.1 Å². The van der Waals surface area contributed by atoms with Crippen molar-refractivity contribution in [2.24, 2.45) is 0 Å². The van der Waals surface area contributed by atoms with Crippen LogP contribution in [0.4, 0.5) is 5.69 Å². The number of anilines is 1. The van der Waals surface area contributed by atoms with Gasteiger partial charge in [-0.05, 0) is 19.1 Å². The molecule has 0 aliphatic carbocycles. The fraction of sp³-hybridized carbons (Fsp3) is 0.174. The molecule has 0 spiro atoms. The van der Waals surface area contributed by atoms with Crippen molar-refractivity contribution in [1.29, 1.82) is 0 Å². The van der Waals surface area contributed by atoms with Crippen molar-refractivity contribution in [3.05, 3.63) is 89.5 Å². The lowest BCUT2D eigenvalue weighted by Crippen LogP contribution is -2.87. The first-order valence-electron chi connectivity index (χ1n) is 9.33. The van der Waals surface area contributed by atoms with Gasteiger partial charge in [-0.3, -0.25) is 4.79 Å². The molecule has 5 heteroatoms. The molecule has 0 bridgehead atoms. The number of carbonyl (C=O) groups is 1. The molecule has 3 aromatic carbocycles. The van der Waals surface area contributed by atoms with E-state index < -0.39 is 0 Å². The quantitative estimate of drug-likeness (QED) is 0.696. The molecule has 3 N–H and O–H groups in total. The van der Waals surface area contributed by atoms with E-state index in [0.717, 1.165) is 0 Å². The molecule has 1 heterocycles. The van der Waals surface area contributed by atoms with Crippen molar-refractivity contribution < 1.29 is 19.6 Å². The van der Waals surface area contributed by atoms with Gasteiger partial charge in [0.2, 0.25) is 6.79 Å². The van der Waals surface area contributed by atoms with Crippen LogP contribution in [-0.4, -0.2) is 19.2 Å². The van der Waals surface area contributed by atoms with Crippen LogP contribution in [0.3, 0.4) is 0 Å². The van der Waals surface area contributed by atoms with Gasteiger partial charge in [-0.1, -0.05) is 60.2 Å². The van der Waals surface area contributed by atoms with Gasteiger partial charge in [0, 0.05) is 22.9 Å². The predicted molar refractivity (Wildman–Crippen MR) is 107 cm³/mol. The van der Waals surface area contributed by atoms with Crippen LogP contribution in [0, 0.1) is 6.92 Å². The van der Waals surface area contributed by atoms with Crippen LogP contribution in [0.25, 0.3) is 0 Å². The Balaban J connectivity index is 1.45. The maximum Gasteiger partial charge on any atom is 0.279 e. The average molecular weight is 375 g/mol. The fourth-order valence-corrected chi connectivity index (χ4v) is 3.31. The van der Waals surface area contributed by atoms with Crippen molar-refractivity contribution in [2.75, 3.05) is 18.7 Å². The van der Waals surface area contributed by atoms with E-state index in [0.29, 0.717) is 23.7 Å². The van der Waals surface area contributed by atoms with Crippen LogP contribution in [0.15, 0.2) is 72.8 Å². The first-order valence-corrected chi connectivity index (χ1v) is 9.33. The molecule has 1 amide bonds. The van der Waals surface area contributed by atoms with Crippen LogP contribution in [0.1, 0.15) is 22.7 Å². The molecular formula is C23H23N2O3+. The SMILES string of the molecule is Cc1ccc([C@H]([NH2+]CC(=O)Nc2ccc3c(c2)OCO3)c2ccccc2)cc1. The highest BCUT2D eigenvalue weighted by molar-refractivity contribution is 5.91. The summed E-state index contributed by atoms with van der Waals surface area (Å²) in [5.74, 6) is 1.29. The Kier molecular flexibility index (Phi) is 5.26. The van der Waals surface area contributed by atoms with Gasteiger partial charge in [0.15, 0.2) is 18.0 Å². The molecule has 1 aliphatic rings. The molecule has 1 atom stereocenters. The molecule has 0 saturated heterocycles. The van der Waals surface area contributed by atoms with Gasteiger partial charge in [0.25, 0.3) is 5.91 Å². The van der Waals surface area contributed by atoms with Gasteiger partial charge in [0.1, 0.15) is 6.04 Å². The Morgan fingerprint density at radius 3 is 2.46 bits per heavy atom. The van der Waals surface area contributed by atoms with Crippen molar-refractivity contribution >= 4 is 11.6 Å². The lowest BCUT2D eigenvalue weighted by atomic mass is 9.98. The lowest BCUT2D eigenvalue weighted by Gasteiger charge is -2.17. The molecule has 3 aromatic rings. The standard InChI is InChI=1S/C23H22N2O3/c1-16-7-9-18(10-8-16)23(17-5-3-2-4-6-17)24-14-22(26)25-19-11-12-20-21(13-19)28-15-27-20/h2-13,23-24H,14-15H2,1H3,(H,25,26)/p+1/t23-/m1/s1. The molecule has 5 nitrogen and oxygen atoms in total. The first-order chi connectivity index (χ1) is 13.7. The van der Waals surface area contributed by atoms with Crippen molar-refractivity contribution in [2.45, 2.75) is 13.0 Å². The number of fused-ring (bicyclic) bond motifs is 1. The summed E-state index contributed by atoms with van der Waals surface area (Å²) in [6.45, 7) is 2.60. The number of rotatable bonds is 6. The van der Waals surface area contributed by atoms with Gasteiger partial charge < -0.3 is 20.1 Å². The maximum atomic E-state index is 12.5. The predicted octanol–water partition coefficient (Wildman–Crippen LogP) is 3.02. The number of carbonyl (C=O) groups excluding carboxylic acids is 1. The Bertz CT molecular complexity index is 955. The number of nitrogens with two attached hydrogens (primary N) is 1. The molecular weight excluding hydrogens is 352 g/mol. The fourth-order valence-electron chi connectivity index (χ4n) is 3.31. The zero-order valence-corrected chi connectivity index (χ0v) is 15.7. The molecule has 0 saturated carbocycles. The number of aryl methyl sites for hydroxylation is 1. The number of nitrogens with one attached hydrogen (secondary N) is 1. The summed E-state index contributed by atoms with van der Waals surface area (Å²) in [5, 5.41) is 4.99. The maximum absolute atomic E-state index is 12.5. The van der Waals surface area contributed by atoms with Crippen molar-refractivity contribution in [3.63, 3.8) is 0 Å². The van der Waals surface area contributed by atoms with Crippen LogP contribution >= 0.6 is 0 Å². The molecule has 4 rings (SSSR count). The summed E-state index contributed by atoms with van der Waals surface area (Å²) in [5.41, 5.74) is 4.26. The highest BCUT2D eigenvalue weighted by atomic mass is 16.7. The summed E-state index contributed by atoms with van der Waals surface area (Å²) in [6.07, 6.45) is 0. The van der Waals surface area contributed by atoms with E-state index in [9.17, 15) is 4.79 Å². The number of quaternary nitrogens is 1. The van der Waals surface area contributed by atoms with Gasteiger partial charge in [-0.15, -0.1) is 0 Å². The number of hydrogen-bond acceptors (Lipinski definition) is 3. The molecule has 0 aromatic heterocycles. The van der Waals surface area contributed by atoms with Crippen LogP contribution in [0.2, 0.25) is 0 Å². The van der Waals surface area contributed by atoms with E-state index >= 15 is 0 Å². The third kappa shape index (κ3) is 4.15. The number of ether oxygens (including phenoxy) is 2.